The monoisotopic (exact) mass is 382 g/mol. The van der Waals surface area contributed by atoms with Crippen molar-refractivity contribution >= 4 is 17.7 Å². The average molecular weight is 382 g/mol. The molecule has 0 aliphatic carbocycles. The van der Waals surface area contributed by atoms with Gasteiger partial charge in [-0.25, -0.2) is 4.79 Å². The van der Waals surface area contributed by atoms with E-state index in [2.05, 4.69) is 0 Å². The van der Waals surface area contributed by atoms with Gasteiger partial charge in [-0.15, -0.1) is 11.8 Å². The van der Waals surface area contributed by atoms with Crippen molar-refractivity contribution in [2.45, 2.75) is 56.4 Å². The SMILES string of the molecule is CCS[C@@H]1OC2COC(C)(C)O[C@@H]2[C@@H](OC)C1OC(=O)c1ccccc1. The molecular formula is C19H26O6S. The van der Waals surface area contributed by atoms with Crippen LogP contribution in [0.25, 0.3) is 0 Å². The van der Waals surface area contributed by atoms with Gasteiger partial charge in [0.05, 0.1) is 12.2 Å². The van der Waals surface area contributed by atoms with Gasteiger partial charge in [-0.2, -0.15) is 0 Å². The van der Waals surface area contributed by atoms with E-state index in [1.54, 1.807) is 43.1 Å². The van der Waals surface area contributed by atoms with E-state index in [4.69, 9.17) is 23.7 Å². The van der Waals surface area contributed by atoms with Crippen LogP contribution in [0, 0.1) is 0 Å². The van der Waals surface area contributed by atoms with Crippen molar-refractivity contribution < 1.29 is 28.5 Å². The van der Waals surface area contributed by atoms with Gasteiger partial charge in [0.25, 0.3) is 0 Å². The number of hydrogen-bond donors (Lipinski definition) is 0. The molecule has 1 aromatic carbocycles. The predicted molar refractivity (Wildman–Crippen MR) is 98.1 cm³/mol. The molecule has 2 aliphatic heterocycles. The molecule has 5 atom stereocenters. The fraction of sp³-hybridized carbons (Fsp3) is 0.632. The topological polar surface area (TPSA) is 63.2 Å². The van der Waals surface area contributed by atoms with E-state index in [1.807, 2.05) is 26.8 Å². The lowest BCUT2D eigenvalue weighted by Crippen LogP contribution is -2.65. The van der Waals surface area contributed by atoms with Crippen LogP contribution in [0.4, 0.5) is 0 Å². The number of carbonyl (C=O) groups is 1. The molecule has 144 valence electrons. The summed E-state index contributed by atoms with van der Waals surface area (Å²) in [5.41, 5.74) is 0.158. The van der Waals surface area contributed by atoms with Crippen molar-refractivity contribution in [1.82, 2.24) is 0 Å². The first-order valence-corrected chi connectivity index (χ1v) is 9.87. The molecular weight excluding hydrogens is 356 g/mol. The van der Waals surface area contributed by atoms with Crippen molar-refractivity contribution in [3.05, 3.63) is 35.9 Å². The van der Waals surface area contributed by atoms with Crippen molar-refractivity contribution in [1.29, 1.82) is 0 Å². The first-order valence-electron chi connectivity index (χ1n) is 8.83. The van der Waals surface area contributed by atoms with E-state index >= 15 is 0 Å². The first kappa shape index (κ1) is 19.6. The zero-order valence-electron chi connectivity index (χ0n) is 15.5. The van der Waals surface area contributed by atoms with E-state index < -0.39 is 24.0 Å². The summed E-state index contributed by atoms with van der Waals surface area (Å²) in [5, 5.41) is 0. The molecule has 0 saturated carbocycles. The molecule has 2 unspecified atom stereocenters. The Balaban J connectivity index is 1.82. The highest BCUT2D eigenvalue weighted by Gasteiger charge is 2.53. The molecule has 3 rings (SSSR count). The number of benzene rings is 1. The molecule has 0 bridgehead atoms. The van der Waals surface area contributed by atoms with Crippen molar-refractivity contribution in [3.63, 3.8) is 0 Å². The molecule has 2 fully saturated rings. The van der Waals surface area contributed by atoms with Crippen LogP contribution in [0.5, 0.6) is 0 Å². The Kier molecular flexibility index (Phi) is 6.25. The first-order chi connectivity index (χ1) is 12.4. The van der Waals surface area contributed by atoms with Crippen LogP contribution in [0.1, 0.15) is 31.1 Å². The van der Waals surface area contributed by atoms with Crippen molar-refractivity contribution in [2.75, 3.05) is 19.5 Å². The minimum atomic E-state index is -0.736. The number of ether oxygens (including phenoxy) is 5. The van der Waals surface area contributed by atoms with Gasteiger partial charge in [0, 0.05) is 7.11 Å². The van der Waals surface area contributed by atoms with Gasteiger partial charge in [0.2, 0.25) is 0 Å². The minimum Gasteiger partial charge on any atom is -0.452 e. The summed E-state index contributed by atoms with van der Waals surface area (Å²) in [6.07, 6.45) is -1.64. The lowest BCUT2D eigenvalue weighted by molar-refractivity contribution is -0.351. The zero-order valence-corrected chi connectivity index (χ0v) is 16.4. The van der Waals surface area contributed by atoms with E-state index in [9.17, 15) is 4.79 Å². The zero-order chi connectivity index (χ0) is 18.7. The second-order valence-corrected chi connectivity index (χ2v) is 8.10. The van der Waals surface area contributed by atoms with Gasteiger partial charge in [-0.1, -0.05) is 25.1 Å². The molecule has 2 heterocycles. The molecule has 7 heteroatoms. The Morgan fingerprint density at radius 2 is 2.00 bits per heavy atom. The Morgan fingerprint density at radius 1 is 1.27 bits per heavy atom. The highest BCUT2D eigenvalue weighted by atomic mass is 32.2. The molecule has 26 heavy (non-hydrogen) atoms. The number of thioether (sulfide) groups is 1. The number of esters is 1. The Morgan fingerprint density at radius 3 is 2.65 bits per heavy atom. The summed E-state index contributed by atoms with van der Waals surface area (Å²) in [5.74, 6) is -0.307. The van der Waals surface area contributed by atoms with Crippen LogP contribution in [-0.4, -0.2) is 61.1 Å². The normalized spacial score (nSPS) is 33.3. The maximum atomic E-state index is 12.6. The molecule has 0 amide bonds. The van der Waals surface area contributed by atoms with Gasteiger partial charge in [-0.3, -0.25) is 0 Å². The maximum Gasteiger partial charge on any atom is 0.338 e. The smallest absolute Gasteiger partial charge is 0.338 e. The fourth-order valence-corrected chi connectivity index (χ4v) is 4.21. The van der Waals surface area contributed by atoms with Crippen molar-refractivity contribution in [2.24, 2.45) is 0 Å². The molecule has 0 N–H and O–H groups in total. The van der Waals surface area contributed by atoms with Crippen LogP contribution < -0.4 is 0 Å². The summed E-state index contributed by atoms with van der Waals surface area (Å²) < 4.78 is 29.5. The van der Waals surface area contributed by atoms with Gasteiger partial charge >= 0.3 is 5.97 Å². The second-order valence-electron chi connectivity index (χ2n) is 6.73. The standard InChI is InChI=1S/C19H26O6S/c1-5-26-18-16(24-17(20)12-9-7-6-8-10-12)15(21-4)14-13(23-18)11-22-19(2,3)25-14/h6-10,13-16,18H,5,11H2,1-4H3/t13?,14-,15+,16?,18-/m0/s1. The van der Waals surface area contributed by atoms with Crippen LogP contribution in [0.15, 0.2) is 30.3 Å². The summed E-state index contributed by atoms with van der Waals surface area (Å²) in [6.45, 7) is 6.16. The molecule has 2 saturated heterocycles. The van der Waals surface area contributed by atoms with Crippen LogP contribution in [-0.2, 0) is 23.7 Å². The third-order valence-corrected chi connectivity index (χ3v) is 5.50. The molecule has 0 spiro atoms. The highest BCUT2D eigenvalue weighted by Crippen LogP contribution is 2.38. The summed E-state index contributed by atoms with van der Waals surface area (Å²) in [6, 6.07) is 8.93. The lowest BCUT2D eigenvalue weighted by Gasteiger charge is -2.50. The van der Waals surface area contributed by atoms with Crippen LogP contribution >= 0.6 is 11.8 Å². The quantitative estimate of drug-likeness (QED) is 0.726. The van der Waals surface area contributed by atoms with Gasteiger partial charge < -0.3 is 23.7 Å². The predicted octanol–water partition coefficient (Wildman–Crippen LogP) is 2.86. The Bertz CT molecular complexity index is 607. The largest absolute Gasteiger partial charge is 0.452 e. The molecule has 2 aliphatic rings. The van der Waals surface area contributed by atoms with Crippen LogP contribution in [0.3, 0.4) is 0 Å². The number of methoxy groups -OCH3 is 1. The molecule has 0 aromatic heterocycles. The Hall–Kier alpha value is -1.12. The third-order valence-electron chi connectivity index (χ3n) is 4.46. The van der Waals surface area contributed by atoms with Crippen LogP contribution in [0.2, 0.25) is 0 Å². The third kappa shape index (κ3) is 4.23. The lowest BCUT2D eigenvalue weighted by atomic mass is 9.98. The van der Waals surface area contributed by atoms with Crippen molar-refractivity contribution in [3.8, 4) is 0 Å². The van der Waals surface area contributed by atoms with Gasteiger partial charge in [0.1, 0.15) is 23.7 Å². The average Bonchev–Trinajstić information content (AvgIpc) is 2.63. The van der Waals surface area contributed by atoms with E-state index in [1.165, 1.54) is 0 Å². The van der Waals surface area contributed by atoms with E-state index in [-0.39, 0.29) is 17.6 Å². The fourth-order valence-electron chi connectivity index (χ4n) is 3.26. The summed E-state index contributed by atoms with van der Waals surface area (Å²) in [7, 11) is 1.61. The molecule has 0 radical (unpaired) electrons. The second kappa shape index (κ2) is 8.27. The minimum absolute atomic E-state index is 0.260. The number of fused-ring (bicyclic) bond motifs is 1. The summed E-state index contributed by atoms with van der Waals surface area (Å²) >= 11 is 1.58. The van der Waals surface area contributed by atoms with Gasteiger partial charge in [0.15, 0.2) is 11.9 Å². The van der Waals surface area contributed by atoms with E-state index in [0.717, 1.165) is 5.75 Å². The Labute approximate surface area is 158 Å². The number of hydrogen-bond acceptors (Lipinski definition) is 7. The van der Waals surface area contributed by atoms with Gasteiger partial charge in [-0.05, 0) is 31.7 Å². The highest BCUT2D eigenvalue weighted by molar-refractivity contribution is 7.99. The molecule has 1 aromatic rings. The number of rotatable bonds is 5. The summed E-state index contributed by atoms with van der Waals surface area (Å²) in [4.78, 5) is 12.6. The van der Waals surface area contributed by atoms with E-state index in [0.29, 0.717) is 12.2 Å². The maximum absolute atomic E-state index is 12.6. The number of carbonyl (C=O) groups excluding carboxylic acids is 1. The molecule has 6 nitrogen and oxygen atoms in total.